The Morgan fingerprint density at radius 3 is 2.48 bits per heavy atom. The molecule has 0 bridgehead atoms. The first-order valence-corrected chi connectivity index (χ1v) is 9.54. The number of carbonyl (C=O) groups is 1. The number of thioether (sulfide) groups is 2. The van der Waals surface area contributed by atoms with Crippen LogP contribution in [0.4, 0.5) is 0 Å². The van der Waals surface area contributed by atoms with Crippen LogP contribution in [0.5, 0.6) is 11.5 Å². The number of carbonyl (C=O) groups excluding carboxylic acids is 1. The lowest BCUT2D eigenvalue weighted by molar-refractivity contribution is 0.0731. The minimum absolute atomic E-state index is 0.311. The molecule has 0 saturated carbocycles. The van der Waals surface area contributed by atoms with Gasteiger partial charge in [0.1, 0.15) is 17.1 Å². The summed E-state index contributed by atoms with van der Waals surface area (Å²) in [6.07, 6.45) is 0. The molecule has 0 aliphatic carbocycles. The van der Waals surface area contributed by atoms with Crippen molar-refractivity contribution in [3.05, 3.63) is 58.6 Å². The molecule has 2 aromatic rings. The topological polar surface area (TPSA) is 35.5 Å². The van der Waals surface area contributed by atoms with Crippen molar-refractivity contribution in [2.45, 2.75) is 4.58 Å². The van der Waals surface area contributed by atoms with Gasteiger partial charge in [-0.2, -0.15) is 0 Å². The highest BCUT2D eigenvalue weighted by atomic mass is 35.5. The van der Waals surface area contributed by atoms with Gasteiger partial charge in [0.15, 0.2) is 0 Å². The van der Waals surface area contributed by atoms with Crippen LogP contribution in [0.25, 0.3) is 0 Å². The maximum Gasteiger partial charge on any atom is 0.347 e. The fourth-order valence-corrected chi connectivity index (χ4v) is 5.28. The second-order valence-electron chi connectivity index (χ2n) is 4.88. The highest BCUT2D eigenvalue weighted by Crippen LogP contribution is 2.45. The number of hydrogen-bond donors (Lipinski definition) is 0. The zero-order valence-corrected chi connectivity index (χ0v) is 14.8. The predicted octanol–water partition coefficient (Wildman–Crippen LogP) is 5.05. The molecular formula is C17H15ClO3S2. The Kier molecular flexibility index (Phi) is 5.41. The Morgan fingerprint density at radius 2 is 1.83 bits per heavy atom. The zero-order chi connectivity index (χ0) is 16.2. The van der Waals surface area contributed by atoms with Gasteiger partial charge in [-0.3, -0.25) is 0 Å². The van der Waals surface area contributed by atoms with E-state index in [9.17, 15) is 4.79 Å². The molecule has 6 heteroatoms. The van der Waals surface area contributed by atoms with Crippen molar-refractivity contribution in [1.82, 2.24) is 0 Å². The number of methoxy groups -OCH3 is 1. The van der Waals surface area contributed by atoms with Crippen molar-refractivity contribution in [3.63, 3.8) is 0 Å². The van der Waals surface area contributed by atoms with E-state index in [2.05, 4.69) is 0 Å². The van der Waals surface area contributed by atoms with E-state index in [0.717, 1.165) is 0 Å². The maximum absolute atomic E-state index is 12.3. The number of hydrogen-bond acceptors (Lipinski definition) is 5. The van der Waals surface area contributed by atoms with Crippen LogP contribution < -0.4 is 9.47 Å². The Labute approximate surface area is 148 Å². The fraction of sp³-hybridized carbons (Fsp3) is 0.235. The van der Waals surface area contributed by atoms with Crippen molar-refractivity contribution < 1.29 is 14.3 Å². The van der Waals surface area contributed by atoms with Gasteiger partial charge >= 0.3 is 5.97 Å². The van der Waals surface area contributed by atoms with Gasteiger partial charge in [0.25, 0.3) is 0 Å². The van der Waals surface area contributed by atoms with E-state index in [4.69, 9.17) is 21.1 Å². The maximum atomic E-state index is 12.3. The summed E-state index contributed by atoms with van der Waals surface area (Å²) >= 11 is 9.83. The van der Waals surface area contributed by atoms with Crippen LogP contribution in [-0.2, 0) is 0 Å². The lowest BCUT2D eigenvalue weighted by atomic mass is 10.2. The third-order valence-corrected chi connectivity index (χ3v) is 6.71. The standard InChI is InChI=1S/C17H15ClO3S2/c1-20-15-7-4-12(18)10-14(15)16(19)21-13-5-2-11(3-6-13)17-22-8-9-23-17/h2-7,10,17H,8-9H2,1H3. The Morgan fingerprint density at radius 1 is 1.13 bits per heavy atom. The second-order valence-corrected chi connectivity index (χ2v) is 8.04. The summed E-state index contributed by atoms with van der Waals surface area (Å²) in [4.78, 5) is 12.3. The molecule has 3 rings (SSSR count). The molecule has 0 atom stereocenters. The average molecular weight is 367 g/mol. The van der Waals surface area contributed by atoms with E-state index < -0.39 is 5.97 Å². The Bertz CT molecular complexity index is 697. The molecule has 2 aromatic carbocycles. The molecule has 23 heavy (non-hydrogen) atoms. The molecule has 1 saturated heterocycles. The van der Waals surface area contributed by atoms with Crippen LogP contribution in [0.15, 0.2) is 42.5 Å². The normalized spacial score (nSPS) is 14.7. The smallest absolute Gasteiger partial charge is 0.347 e. The van der Waals surface area contributed by atoms with Crippen molar-refractivity contribution in [2.24, 2.45) is 0 Å². The molecule has 120 valence electrons. The number of ether oxygens (including phenoxy) is 2. The van der Waals surface area contributed by atoms with Gasteiger partial charge < -0.3 is 9.47 Å². The molecule has 0 N–H and O–H groups in total. The second kappa shape index (κ2) is 7.51. The van der Waals surface area contributed by atoms with E-state index in [1.165, 1.54) is 24.2 Å². The number of esters is 1. The van der Waals surface area contributed by atoms with E-state index in [1.807, 2.05) is 47.8 Å². The summed E-state index contributed by atoms with van der Waals surface area (Å²) in [5, 5.41) is 0.461. The third-order valence-electron chi connectivity index (χ3n) is 3.37. The van der Waals surface area contributed by atoms with Crippen LogP contribution in [0.3, 0.4) is 0 Å². The van der Waals surface area contributed by atoms with Gasteiger partial charge in [0.2, 0.25) is 0 Å². The van der Waals surface area contributed by atoms with Gasteiger partial charge in [-0.1, -0.05) is 23.7 Å². The third kappa shape index (κ3) is 3.97. The first-order chi connectivity index (χ1) is 11.2. The quantitative estimate of drug-likeness (QED) is 0.559. The van der Waals surface area contributed by atoms with Crippen LogP contribution >= 0.6 is 35.1 Å². The summed E-state index contributed by atoms with van der Waals surface area (Å²) in [7, 11) is 1.51. The molecule has 1 heterocycles. The molecule has 0 spiro atoms. The van der Waals surface area contributed by atoms with Crippen LogP contribution in [0.2, 0.25) is 5.02 Å². The fourth-order valence-electron chi connectivity index (χ4n) is 2.25. The van der Waals surface area contributed by atoms with E-state index >= 15 is 0 Å². The summed E-state index contributed by atoms with van der Waals surface area (Å²) in [5.74, 6) is 2.83. The Hall–Kier alpha value is -1.30. The highest BCUT2D eigenvalue weighted by molar-refractivity contribution is 8.19. The van der Waals surface area contributed by atoms with E-state index in [-0.39, 0.29) is 0 Å². The first-order valence-electron chi connectivity index (χ1n) is 7.06. The summed E-state index contributed by atoms with van der Waals surface area (Å²) < 4.78 is 11.1. The van der Waals surface area contributed by atoms with Gasteiger partial charge in [-0.25, -0.2) is 4.79 Å². The van der Waals surface area contributed by atoms with Crippen molar-refractivity contribution >= 4 is 41.1 Å². The monoisotopic (exact) mass is 366 g/mol. The van der Waals surface area contributed by atoms with Crippen LogP contribution in [-0.4, -0.2) is 24.6 Å². The number of rotatable bonds is 4. The Balaban J connectivity index is 1.74. The minimum Gasteiger partial charge on any atom is -0.496 e. The van der Waals surface area contributed by atoms with Crippen LogP contribution in [0, 0.1) is 0 Å². The molecule has 0 aromatic heterocycles. The lowest BCUT2D eigenvalue weighted by Gasteiger charge is -2.11. The van der Waals surface area contributed by atoms with E-state index in [0.29, 0.717) is 26.7 Å². The summed E-state index contributed by atoms with van der Waals surface area (Å²) in [5.41, 5.74) is 1.56. The summed E-state index contributed by atoms with van der Waals surface area (Å²) in [6, 6.07) is 12.5. The SMILES string of the molecule is COc1ccc(Cl)cc1C(=O)Oc1ccc(C2SCCS2)cc1. The number of halogens is 1. The molecule has 1 fully saturated rings. The highest BCUT2D eigenvalue weighted by Gasteiger charge is 2.19. The lowest BCUT2D eigenvalue weighted by Crippen LogP contribution is -2.10. The van der Waals surface area contributed by atoms with E-state index in [1.54, 1.807) is 18.2 Å². The number of benzene rings is 2. The zero-order valence-electron chi connectivity index (χ0n) is 12.5. The van der Waals surface area contributed by atoms with Crippen molar-refractivity contribution in [2.75, 3.05) is 18.6 Å². The molecule has 0 radical (unpaired) electrons. The molecule has 1 aliphatic rings. The molecule has 0 unspecified atom stereocenters. The largest absolute Gasteiger partial charge is 0.496 e. The van der Waals surface area contributed by atoms with Crippen molar-refractivity contribution in [1.29, 1.82) is 0 Å². The first kappa shape index (κ1) is 16.6. The minimum atomic E-state index is -0.485. The molecular weight excluding hydrogens is 352 g/mol. The van der Waals surface area contributed by atoms with Gasteiger partial charge in [-0.05, 0) is 35.9 Å². The molecule has 3 nitrogen and oxygen atoms in total. The average Bonchev–Trinajstić information content (AvgIpc) is 3.10. The molecule has 1 aliphatic heterocycles. The van der Waals surface area contributed by atoms with Gasteiger partial charge in [0, 0.05) is 16.5 Å². The summed E-state index contributed by atoms with van der Waals surface area (Å²) in [6.45, 7) is 0. The van der Waals surface area contributed by atoms with Gasteiger partial charge in [0.05, 0.1) is 11.7 Å². The van der Waals surface area contributed by atoms with Crippen LogP contribution in [0.1, 0.15) is 20.5 Å². The van der Waals surface area contributed by atoms with Crippen molar-refractivity contribution in [3.8, 4) is 11.5 Å². The van der Waals surface area contributed by atoms with Gasteiger partial charge in [-0.15, -0.1) is 23.5 Å². The molecule has 0 amide bonds. The predicted molar refractivity (Wildman–Crippen MR) is 97.1 cm³/mol.